The Labute approximate surface area is 859 Å². The second-order valence-corrected chi connectivity index (χ2v) is 50.8. The van der Waals surface area contributed by atoms with Crippen LogP contribution in [-0.2, 0) is 65.0 Å². The van der Waals surface area contributed by atoms with Crippen molar-refractivity contribution in [1.29, 1.82) is 0 Å². The minimum absolute atomic E-state index is 0.00266. The highest BCUT2D eigenvalue weighted by molar-refractivity contribution is 7.00. The van der Waals surface area contributed by atoms with Gasteiger partial charge in [-0.25, -0.2) is 0 Å². The number of aromatic nitrogens is 2. The number of para-hydroxylation sites is 2. The van der Waals surface area contributed by atoms with E-state index in [1.54, 1.807) is 105 Å². The smallest absolute Gasteiger partial charge is 0.252 e. The Morgan fingerprint density at radius 3 is 0.920 bits per heavy atom. The molecule has 2 aromatic heterocycles. The van der Waals surface area contributed by atoms with E-state index in [1.165, 1.54) is 4.57 Å². The van der Waals surface area contributed by atoms with Crippen LogP contribution in [0.25, 0.3) is 111 Å². The van der Waals surface area contributed by atoms with Gasteiger partial charge in [-0.1, -0.05) is 419 Å². The van der Waals surface area contributed by atoms with Gasteiger partial charge in [0.25, 0.3) is 6.71 Å². The first-order valence-corrected chi connectivity index (χ1v) is 48.6. The van der Waals surface area contributed by atoms with Gasteiger partial charge in [0.05, 0.1) is 74.8 Å². The molecule has 0 fully saturated rings. The van der Waals surface area contributed by atoms with Crippen LogP contribution >= 0.6 is 0 Å². The molecule has 0 saturated carbocycles. The molecular formula is C132H151BN4. The standard InChI is InChI=1S/C132H151BN4/c1-121(2,3)84-50-45-80(46-51-84)100-71-92(129(25,26)27)73-104(96-59-54-88(125(13,14)15)75-106(96)131(31,32)33)119(100)136-114-67-82(83-65-90(127(19,20)21)68-91(66-83)128(22,23)24)49-61-108(114)133-109-62-58-94(134-112-63-56-86(123(7,8)9)69-102(112)103-70-87(124(10,11)12)57-64-113(103)134)77-115(109)137(117-79-95(78-116(136)118(117)133)135-110-43-39-37-41-98(110)99-42-38-40-44-111(99)135)120-101(81-47-52-85(53-48-81)122(4,5)6)72-93(130(28,29)30)74-105(120)97-60-55-89(126(16,17)18)76-107(97)132(34,35)36/h37-79H,1-36H3/i37D,38D,39D,40D,41D,42D,43D,44D,45D,46D,47D,48D,50D,51D,52D,53D,54D,55D,59D,60D,71D,72D,73D,74D,75D,76D. The summed E-state index contributed by atoms with van der Waals surface area (Å²) in [6.45, 7) is 67.9. The van der Waals surface area contributed by atoms with E-state index in [0.717, 1.165) is 44.1 Å². The Hall–Kier alpha value is -11.7. The first-order chi connectivity index (χ1) is 74.4. The largest absolute Gasteiger partial charge is 0.310 e. The van der Waals surface area contributed by atoms with E-state index < -0.39 is 239 Å². The molecule has 702 valence electrons. The average molecular weight is 1830 g/mol. The summed E-state index contributed by atoms with van der Waals surface area (Å²) in [5.74, 6) is 0. The van der Waals surface area contributed by atoms with Crippen LogP contribution in [0.2, 0.25) is 0 Å². The SMILES string of the molecule is [2H]c1c([2H])c(C(C)(C)C)c([2H])c([2H])c1-c1c([2H])c(C(C)(C)C)c([2H])c(-c2c([2H])c([2H])c(C(C)(C)C)c([2H])c2C(C)(C)C)c1N1c2cc(-c3cc(C(C)(C)C)cc(C(C)(C)C)c3)ccc2B2c3ccc(-n4c5ccc(C(C)(C)C)cc5c5cc(C(C)(C)C)ccc54)cc3N(c3c(-c4c([2H])c([2H])c(C(C)(C)C)c([2H])c4[2H])c([2H])c(C(C)(C)C)c([2H])c3-c3c([2H])c([2H])c(C(C)(C)C)c([2H])c3C(C)(C)C)c3cc(-n4c5c([2H])c([2H])c([2H])c([2H])c5c5c([2H])c([2H])c([2H])c([2H])c54)cc1c32. The predicted molar refractivity (Wildman–Crippen MR) is 601 cm³/mol. The van der Waals surface area contributed by atoms with Crippen LogP contribution in [0.4, 0.5) is 34.1 Å². The Balaban J connectivity index is 1.26. The van der Waals surface area contributed by atoms with Crippen LogP contribution in [0.15, 0.2) is 260 Å². The maximum atomic E-state index is 12.1. The Morgan fingerprint density at radius 1 is 0.212 bits per heavy atom. The van der Waals surface area contributed by atoms with Gasteiger partial charge in [-0.3, -0.25) is 0 Å². The predicted octanol–water partition coefficient (Wildman–Crippen LogP) is 35.9. The molecule has 18 rings (SSSR count). The molecular weight excluding hydrogens is 1650 g/mol. The minimum Gasteiger partial charge on any atom is -0.310 e. The molecule has 0 bridgehead atoms. The third-order valence-electron chi connectivity index (χ3n) is 27.4. The first-order valence-electron chi connectivity index (χ1n) is 61.6. The zero-order valence-corrected chi connectivity index (χ0v) is 87.7. The zero-order valence-electron chi connectivity index (χ0n) is 114. The van der Waals surface area contributed by atoms with Gasteiger partial charge < -0.3 is 18.9 Å². The molecule has 5 heteroatoms. The van der Waals surface area contributed by atoms with Gasteiger partial charge in [-0.15, -0.1) is 0 Å². The van der Waals surface area contributed by atoms with Crippen LogP contribution < -0.4 is 26.2 Å². The molecule has 4 nitrogen and oxygen atoms in total. The minimum atomic E-state index is -1.38. The van der Waals surface area contributed by atoms with E-state index in [-0.39, 0.29) is 146 Å². The Bertz CT molecular complexity index is 8990. The van der Waals surface area contributed by atoms with Crippen LogP contribution in [0.3, 0.4) is 0 Å². The Kier molecular flexibility index (Phi) is 16.2. The molecule has 0 N–H and O–H groups in total. The van der Waals surface area contributed by atoms with E-state index in [9.17, 15) is 35.6 Å². The molecule has 0 radical (unpaired) electrons. The van der Waals surface area contributed by atoms with Crippen molar-refractivity contribution in [3.8, 4) is 67.0 Å². The summed E-state index contributed by atoms with van der Waals surface area (Å²) < 4.78 is 287. The van der Waals surface area contributed by atoms with Crippen LogP contribution in [0, 0.1) is 0 Å². The molecule has 2 aliphatic rings. The molecule has 0 aliphatic carbocycles. The quantitative estimate of drug-likeness (QED) is 0.134. The van der Waals surface area contributed by atoms with Crippen molar-refractivity contribution in [2.45, 2.75) is 314 Å². The van der Waals surface area contributed by atoms with E-state index >= 15 is 0 Å². The molecule has 0 unspecified atom stereocenters. The fourth-order valence-electron chi connectivity index (χ4n) is 19.1. The third-order valence-corrected chi connectivity index (χ3v) is 27.4. The fourth-order valence-corrected chi connectivity index (χ4v) is 19.1. The summed E-state index contributed by atoms with van der Waals surface area (Å²) in [6, 6.07) is 19.6. The highest BCUT2D eigenvalue weighted by Gasteiger charge is 2.48. The summed E-state index contributed by atoms with van der Waals surface area (Å²) in [6.07, 6.45) is 0. The molecule has 0 amide bonds. The van der Waals surface area contributed by atoms with Crippen molar-refractivity contribution in [3.05, 3.63) is 327 Å². The van der Waals surface area contributed by atoms with Crippen molar-refractivity contribution in [2.24, 2.45) is 0 Å². The molecule has 4 heterocycles. The lowest BCUT2D eigenvalue weighted by atomic mass is 9.33. The van der Waals surface area contributed by atoms with Crippen molar-refractivity contribution in [1.82, 2.24) is 9.13 Å². The fraction of sp³-hybridized carbons (Fsp3) is 0.364. The summed E-state index contributed by atoms with van der Waals surface area (Å²) in [5.41, 5.74) is -7.26. The van der Waals surface area contributed by atoms with E-state index in [1.807, 2.05) is 119 Å². The lowest BCUT2D eigenvalue weighted by molar-refractivity contribution is 0.568. The second kappa shape index (κ2) is 32.5. The average Bonchev–Trinajstić information content (AvgIpc) is 1.65. The lowest BCUT2D eigenvalue weighted by Gasteiger charge is -2.46. The number of hydrogen-bond acceptors (Lipinski definition) is 2. The lowest BCUT2D eigenvalue weighted by Crippen LogP contribution is -2.61. The maximum Gasteiger partial charge on any atom is 0.252 e. The molecule has 16 aromatic rings. The highest BCUT2D eigenvalue weighted by atomic mass is 15.2. The molecule has 2 aliphatic heterocycles. The van der Waals surface area contributed by atoms with Crippen molar-refractivity contribution in [2.75, 3.05) is 9.80 Å². The summed E-state index contributed by atoms with van der Waals surface area (Å²) >= 11 is 0. The summed E-state index contributed by atoms with van der Waals surface area (Å²) in [5, 5.41) is 1.000. The molecule has 0 spiro atoms. The number of hydrogen-bond donors (Lipinski definition) is 0. The molecule has 137 heavy (non-hydrogen) atoms. The monoisotopic (exact) mass is 1830 g/mol. The van der Waals surface area contributed by atoms with Gasteiger partial charge in [0, 0.05) is 72.2 Å². The van der Waals surface area contributed by atoms with Gasteiger partial charge in [0.1, 0.15) is 0 Å². The van der Waals surface area contributed by atoms with Gasteiger partial charge in [0.15, 0.2) is 0 Å². The Morgan fingerprint density at radius 2 is 0.547 bits per heavy atom. The summed E-state index contributed by atoms with van der Waals surface area (Å²) in [7, 11) is 0. The normalized spacial score (nSPS) is 16.6. The summed E-state index contributed by atoms with van der Waals surface area (Å²) in [4.78, 5) is 3.51. The molecule has 0 atom stereocenters. The number of nitrogens with zero attached hydrogens (tertiary/aromatic N) is 4. The number of rotatable bonds is 9. The number of fused-ring (bicyclic) bond motifs is 10. The van der Waals surface area contributed by atoms with Gasteiger partial charge in [0.2, 0.25) is 0 Å². The third kappa shape index (κ3) is 17.3. The van der Waals surface area contributed by atoms with Gasteiger partial charge in [-0.05, 0) is 272 Å². The van der Waals surface area contributed by atoms with Crippen molar-refractivity contribution >= 4 is 101 Å². The van der Waals surface area contributed by atoms with Crippen molar-refractivity contribution < 1.29 is 35.6 Å². The van der Waals surface area contributed by atoms with Crippen LogP contribution in [0.1, 0.15) is 352 Å². The highest BCUT2D eigenvalue weighted by Crippen LogP contribution is 2.59. The van der Waals surface area contributed by atoms with E-state index in [4.69, 9.17) is 0 Å². The second-order valence-electron chi connectivity index (χ2n) is 50.8. The number of benzene rings is 14. The van der Waals surface area contributed by atoms with Gasteiger partial charge >= 0.3 is 0 Å². The van der Waals surface area contributed by atoms with Crippen LogP contribution in [-0.4, -0.2) is 15.8 Å². The molecule has 0 saturated heterocycles. The maximum absolute atomic E-state index is 12.1. The van der Waals surface area contributed by atoms with E-state index in [0.29, 0.717) is 27.7 Å². The van der Waals surface area contributed by atoms with E-state index in [2.05, 4.69) is 142 Å². The van der Waals surface area contributed by atoms with Crippen molar-refractivity contribution in [3.63, 3.8) is 0 Å². The first kappa shape index (κ1) is 68.4. The zero-order chi connectivity index (χ0) is 122. The van der Waals surface area contributed by atoms with Crippen LogP contribution in [0.5, 0.6) is 0 Å². The van der Waals surface area contributed by atoms with Gasteiger partial charge in [-0.2, -0.15) is 0 Å². The topological polar surface area (TPSA) is 16.3 Å². The molecule has 14 aromatic carbocycles. The number of anilines is 6.